The van der Waals surface area contributed by atoms with Gasteiger partial charge >= 0.3 is 0 Å². The molecule has 0 unspecified atom stereocenters. The van der Waals surface area contributed by atoms with Crippen LogP contribution in [-0.2, 0) is 4.79 Å². The molecule has 0 aromatic carbocycles. The molecule has 0 radical (unpaired) electrons. The summed E-state index contributed by atoms with van der Waals surface area (Å²) in [6.45, 7) is 6.06. The monoisotopic (exact) mass is 264 g/mol. The molecule has 2 rings (SSSR count). The Morgan fingerprint density at radius 3 is 2.89 bits per heavy atom. The number of aromatic nitrogens is 2. The van der Waals surface area contributed by atoms with Crippen molar-refractivity contribution in [2.45, 2.75) is 26.3 Å². The quantitative estimate of drug-likeness (QED) is 0.890. The first-order valence-electron chi connectivity index (χ1n) is 5.69. The predicted molar refractivity (Wildman–Crippen MR) is 73.8 cm³/mol. The third-order valence-corrected chi connectivity index (χ3v) is 3.08. The summed E-state index contributed by atoms with van der Waals surface area (Å²) in [5.41, 5.74) is 0.677. The zero-order valence-corrected chi connectivity index (χ0v) is 11.5. The first kappa shape index (κ1) is 12.8. The lowest BCUT2D eigenvalue weighted by Gasteiger charge is -2.20. The number of hydrogen-bond donors (Lipinski definition) is 2. The summed E-state index contributed by atoms with van der Waals surface area (Å²) in [5.74, 6) is 0.657. The molecule has 2 N–H and O–H groups in total. The molecule has 1 amide bonds. The number of rotatable bonds is 3. The molecule has 0 aliphatic heterocycles. The number of carbonyl (C=O) groups is 1. The van der Waals surface area contributed by atoms with Crippen molar-refractivity contribution < 1.29 is 4.79 Å². The standard InChI is InChI=1S/C12H16N4OS/c1-12(2,3)16-9(17)6-13-11-10-8(4-5-18-10)14-7-15-11/h4-5,7H,6H2,1-3H3,(H,16,17)(H,13,14,15). The SMILES string of the molecule is CC(C)(C)NC(=O)CNc1ncnc2ccsc12. The van der Waals surface area contributed by atoms with Gasteiger partial charge in [-0.3, -0.25) is 4.79 Å². The van der Waals surface area contributed by atoms with E-state index < -0.39 is 0 Å². The molecule has 0 saturated carbocycles. The van der Waals surface area contributed by atoms with Crippen molar-refractivity contribution in [1.29, 1.82) is 0 Å². The maximum atomic E-state index is 11.7. The highest BCUT2D eigenvalue weighted by molar-refractivity contribution is 7.17. The molecule has 18 heavy (non-hydrogen) atoms. The number of thiophene rings is 1. The van der Waals surface area contributed by atoms with Crippen molar-refractivity contribution in [3.63, 3.8) is 0 Å². The molecule has 0 spiro atoms. The molecule has 0 aliphatic carbocycles. The van der Waals surface area contributed by atoms with Gasteiger partial charge in [-0.15, -0.1) is 11.3 Å². The molecular weight excluding hydrogens is 248 g/mol. The van der Waals surface area contributed by atoms with Crippen LogP contribution in [0.4, 0.5) is 5.82 Å². The first-order valence-corrected chi connectivity index (χ1v) is 6.57. The fourth-order valence-corrected chi connectivity index (χ4v) is 2.35. The van der Waals surface area contributed by atoms with E-state index >= 15 is 0 Å². The van der Waals surface area contributed by atoms with Crippen LogP contribution < -0.4 is 10.6 Å². The van der Waals surface area contributed by atoms with Crippen molar-refractivity contribution in [3.8, 4) is 0 Å². The van der Waals surface area contributed by atoms with Gasteiger partial charge in [-0.1, -0.05) is 0 Å². The van der Waals surface area contributed by atoms with E-state index in [1.165, 1.54) is 6.33 Å². The van der Waals surface area contributed by atoms with E-state index in [-0.39, 0.29) is 18.0 Å². The predicted octanol–water partition coefficient (Wildman–Crippen LogP) is 2.02. The molecule has 0 aliphatic rings. The van der Waals surface area contributed by atoms with Crippen LogP contribution in [0.1, 0.15) is 20.8 Å². The Kier molecular flexibility index (Phi) is 3.47. The van der Waals surface area contributed by atoms with Gasteiger partial charge in [0, 0.05) is 5.54 Å². The van der Waals surface area contributed by atoms with Crippen LogP contribution >= 0.6 is 11.3 Å². The molecule has 2 heterocycles. The third-order valence-electron chi connectivity index (χ3n) is 2.17. The highest BCUT2D eigenvalue weighted by atomic mass is 32.1. The van der Waals surface area contributed by atoms with Crippen LogP contribution in [0.25, 0.3) is 10.2 Å². The smallest absolute Gasteiger partial charge is 0.239 e. The van der Waals surface area contributed by atoms with E-state index in [0.29, 0.717) is 5.82 Å². The zero-order valence-electron chi connectivity index (χ0n) is 10.7. The average Bonchev–Trinajstić information content (AvgIpc) is 2.72. The lowest BCUT2D eigenvalue weighted by molar-refractivity contribution is -0.120. The van der Waals surface area contributed by atoms with Gasteiger partial charge in [0.1, 0.15) is 12.1 Å². The van der Waals surface area contributed by atoms with Crippen LogP contribution in [0.15, 0.2) is 17.8 Å². The van der Waals surface area contributed by atoms with E-state index in [1.807, 2.05) is 32.2 Å². The maximum Gasteiger partial charge on any atom is 0.239 e. The van der Waals surface area contributed by atoms with E-state index in [4.69, 9.17) is 0 Å². The van der Waals surface area contributed by atoms with Crippen LogP contribution in [0.5, 0.6) is 0 Å². The minimum Gasteiger partial charge on any atom is -0.360 e. The topological polar surface area (TPSA) is 66.9 Å². The van der Waals surface area contributed by atoms with E-state index in [0.717, 1.165) is 10.2 Å². The van der Waals surface area contributed by atoms with Gasteiger partial charge < -0.3 is 10.6 Å². The minimum atomic E-state index is -0.220. The summed E-state index contributed by atoms with van der Waals surface area (Å²) < 4.78 is 0.973. The van der Waals surface area contributed by atoms with E-state index in [1.54, 1.807) is 11.3 Å². The van der Waals surface area contributed by atoms with Gasteiger partial charge in [-0.2, -0.15) is 0 Å². The van der Waals surface area contributed by atoms with Crippen molar-refractivity contribution in [2.75, 3.05) is 11.9 Å². The van der Waals surface area contributed by atoms with Crippen LogP contribution in [-0.4, -0.2) is 28.0 Å². The Bertz CT molecular complexity index is 558. The summed E-state index contributed by atoms with van der Waals surface area (Å²) in [6.07, 6.45) is 1.50. The molecule has 0 saturated heterocycles. The van der Waals surface area contributed by atoms with Crippen LogP contribution in [0, 0.1) is 0 Å². The van der Waals surface area contributed by atoms with Gasteiger partial charge in [0.05, 0.1) is 16.8 Å². The Balaban J connectivity index is 2.02. The second-order valence-electron chi connectivity index (χ2n) is 5.01. The normalized spacial score (nSPS) is 11.5. The number of amides is 1. The number of nitrogens with one attached hydrogen (secondary N) is 2. The summed E-state index contributed by atoms with van der Waals surface area (Å²) >= 11 is 1.56. The molecule has 0 fully saturated rings. The number of carbonyl (C=O) groups excluding carboxylic acids is 1. The van der Waals surface area contributed by atoms with Gasteiger partial charge in [0.15, 0.2) is 0 Å². The van der Waals surface area contributed by atoms with Crippen molar-refractivity contribution >= 4 is 33.3 Å². The van der Waals surface area contributed by atoms with Gasteiger partial charge in [-0.05, 0) is 32.2 Å². The largest absolute Gasteiger partial charge is 0.360 e. The van der Waals surface area contributed by atoms with Gasteiger partial charge in [0.25, 0.3) is 0 Å². The van der Waals surface area contributed by atoms with Gasteiger partial charge in [-0.25, -0.2) is 9.97 Å². The fraction of sp³-hybridized carbons (Fsp3) is 0.417. The number of fused-ring (bicyclic) bond motifs is 1. The summed E-state index contributed by atoms with van der Waals surface area (Å²) in [7, 11) is 0. The molecule has 2 aromatic heterocycles. The lowest BCUT2D eigenvalue weighted by Crippen LogP contribution is -2.43. The number of hydrogen-bond acceptors (Lipinski definition) is 5. The van der Waals surface area contributed by atoms with Crippen molar-refractivity contribution in [3.05, 3.63) is 17.8 Å². The van der Waals surface area contributed by atoms with E-state index in [2.05, 4.69) is 20.6 Å². The highest BCUT2D eigenvalue weighted by Gasteiger charge is 2.14. The highest BCUT2D eigenvalue weighted by Crippen LogP contribution is 2.24. The molecule has 0 bridgehead atoms. The summed E-state index contributed by atoms with van der Waals surface area (Å²) in [4.78, 5) is 20.0. The molecule has 96 valence electrons. The Hall–Kier alpha value is -1.69. The Labute approximate surface area is 110 Å². The zero-order chi connectivity index (χ0) is 13.2. The Morgan fingerprint density at radius 1 is 1.39 bits per heavy atom. The summed E-state index contributed by atoms with van der Waals surface area (Å²) in [6, 6.07) is 1.93. The average molecular weight is 264 g/mol. The van der Waals surface area contributed by atoms with Crippen molar-refractivity contribution in [2.24, 2.45) is 0 Å². The van der Waals surface area contributed by atoms with Crippen molar-refractivity contribution in [1.82, 2.24) is 15.3 Å². The fourth-order valence-electron chi connectivity index (χ4n) is 1.54. The lowest BCUT2D eigenvalue weighted by atomic mass is 10.1. The maximum absolute atomic E-state index is 11.7. The minimum absolute atomic E-state index is 0.0502. The molecule has 5 nitrogen and oxygen atoms in total. The van der Waals surface area contributed by atoms with Crippen LogP contribution in [0.3, 0.4) is 0 Å². The molecule has 6 heteroatoms. The second-order valence-corrected chi connectivity index (χ2v) is 5.93. The van der Waals surface area contributed by atoms with E-state index in [9.17, 15) is 4.79 Å². The summed E-state index contributed by atoms with van der Waals surface area (Å²) in [5, 5.41) is 7.89. The second kappa shape index (κ2) is 4.89. The first-order chi connectivity index (χ1) is 8.46. The Morgan fingerprint density at radius 2 is 2.17 bits per heavy atom. The third kappa shape index (κ3) is 3.16. The van der Waals surface area contributed by atoms with Gasteiger partial charge in [0.2, 0.25) is 5.91 Å². The molecular formula is C12H16N4OS. The number of anilines is 1. The molecule has 2 aromatic rings. The number of nitrogens with zero attached hydrogens (tertiary/aromatic N) is 2. The van der Waals surface area contributed by atoms with Crippen LogP contribution in [0.2, 0.25) is 0 Å². The molecule has 0 atom stereocenters.